The fourth-order valence-electron chi connectivity index (χ4n) is 1.53. The summed E-state index contributed by atoms with van der Waals surface area (Å²) < 4.78 is 5.52. The highest BCUT2D eigenvalue weighted by Gasteiger charge is 2.08. The number of rotatable bonds is 4. The summed E-state index contributed by atoms with van der Waals surface area (Å²) >= 11 is 11.9. The molecule has 0 spiro atoms. The number of guanidine groups is 1. The van der Waals surface area contributed by atoms with Crippen LogP contribution in [0.25, 0.3) is 11.3 Å². The number of benzene rings is 1. The molecule has 0 aliphatic carbocycles. The van der Waals surface area contributed by atoms with Crippen molar-refractivity contribution in [2.45, 2.75) is 0 Å². The Morgan fingerprint density at radius 3 is 2.82 bits per heavy atom. The lowest BCUT2D eigenvalue weighted by atomic mass is 10.2. The number of hydrogen-bond acceptors (Lipinski definition) is 4. The van der Waals surface area contributed by atoms with E-state index in [1.807, 2.05) is 0 Å². The summed E-state index contributed by atoms with van der Waals surface area (Å²) in [5.74, 6) is 0.464. The zero-order valence-electron chi connectivity index (χ0n) is 10.9. The number of nitrogens with zero attached hydrogens (tertiary/aromatic N) is 3. The Morgan fingerprint density at radius 1 is 1.36 bits per heavy atom. The van der Waals surface area contributed by atoms with Crippen LogP contribution in [0, 0.1) is 10.1 Å². The van der Waals surface area contributed by atoms with E-state index in [2.05, 4.69) is 15.6 Å². The van der Waals surface area contributed by atoms with Crippen molar-refractivity contribution in [1.82, 2.24) is 5.43 Å². The molecular formula is C12H9Cl2N5O3. The third-order valence-electron chi connectivity index (χ3n) is 2.38. The predicted molar refractivity (Wildman–Crippen MR) is 83.5 cm³/mol. The van der Waals surface area contributed by atoms with Gasteiger partial charge in [-0.3, -0.25) is 0 Å². The average Bonchev–Trinajstić information content (AvgIpc) is 2.86. The molecule has 0 atom stereocenters. The molecule has 0 aliphatic heterocycles. The molecular weight excluding hydrogens is 333 g/mol. The van der Waals surface area contributed by atoms with Gasteiger partial charge in [0.15, 0.2) is 5.03 Å². The second-order valence-corrected chi connectivity index (χ2v) is 4.76. The fourth-order valence-corrected chi connectivity index (χ4v) is 2.03. The molecule has 1 heterocycles. The molecule has 114 valence electrons. The van der Waals surface area contributed by atoms with Crippen LogP contribution in [0.2, 0.25) is 10.0 Å². The molecule has 2 rings (SSSR count). The maximum atomic E-state index is 10.1. The van der Waals surface area contributed by atoms with Crippen molar-refractivity contribution < 1.29 is 9.45 Å². The van der Waals surface area contributed by atoms with Crippen LogP contribution in [-0.2, 0) is 0 Å². The normalized spacial score (nSPS) is 11.8. The van der Waals surface area contributed by atoms with Crippen LogP contribution >= 0.6 is 23.2 Å². The molecule has 1 aromatic heterocycles. The summed E-state index contributed by atoms with van der Waals surface area (Å²) in [5, 5.41) is 16.6. The summed E-state index contributed by atoms with van der Waals surface area (Å²) in [7, 11) is 0. The second-order valence-electron chi connectivity index (χ2n) is 3.92. The molecule has 0 unspecified atom stereocenters. The second kappa shape index (κ2) is 6.92. The van der Waals surface area contributed by atoms with E-state index in [0.717, 1.165) is 0 Å². The van der Waals surface area contributed by atoms with Gasteiger partial charge in [-0.25, -0.2) is 15.5 Å². The van der Waals surface area contributed by atoms with Gasteiger partial charge in [-0.2, -0.15) is 5.10 Å². The molecule has 0 aliphatic rings. The number of nitro groups is 1. The minimum atomic E-state index is -0.939. The highest BCUT2D eigenvalue weighted by molar-refractivity contribution is 6.36. The first kappa shape index (κ1) is 15.8. The summed E-state index contributed by atoms with van der Waals surface area (Å²) in [6.45, 7) is 0. The van der Waals surface area contributed by atoms with Crippen molar-refractivity contribution in [3.05, 3.63) is 56.3 Å². The minimum absolute atomic E-state index is 0.391. The molecule has 0 fully saturated rings. The van der Waals surface area contributed by atoms with E-state index in [1.54, 1.807) is 30.3 Å². The van der Waals surface area contributed by atoms with E-state index in [0.29, 0.717) is 27.1 Å². The zero-order valence-corrected chi connectivity index (χ0v) is 12.4. The van der Waals surface area contributed by atoms with Gasteiger partial charge in [0.05, 0.1) is 11.2 Å². The van der Waals surface area contributed by atoms with Gasteiger partial charge >= 0.3 is 0 Å². The zero-order chi connectivity index (χ0) is 16.1. The number of nitrogens with one attached hydrogen (secondary N) is 1. The summed E-state index contributed by atoms with van der Waals surface area (Å²) in [6, 6.07) is 8.36. The van der Waals surface area contributed by atoms with Crippen molar-refractivity contribution in [2.75, 3.05) is 0 Å². The van der Waals surface area contributed by atoms with E-state index in [-0.39, 0.29) is 0 Å². The van der Waals surface area contributed by atoms with Crippen molar-refractivity contribution >= 4 is 35.4 Å². The van der Waals surface area contributed by atoms with Crippen LogP contribution in [-0.4, -0.2) is 17.2 Å². The van der Waals surface area contributed by atoms with Crippen LogP contribution in [0.3, 0.4) is 0 Å². The highest BCUT2D eigenvalue weighted by Crippen LogP contribution is 2.31. The van der Waals surface area contributed by atoms with E-state index in [9.17, 15) is 10.1 Å². The van der Waals surface area contributed by atoms with Crippen LogP contribution in [0.5, 0.6) is 0 Å². The van der Waals surface area contributed by atoms with Gasteiger partial charge in [-0.15, -0.1) is 0 Å². The lowest BCUT2D eigenvalue weighted by Crippen LogP contribution is -2.28. The molecule has 2 aromatic rings. The Hall–Kier alpha value is -2.58. The van der Waals surface area contributed by atoms with Crippen LogP contribution in [0.1, 0.15) is 5.76 Å². The third kappa shape index (κ3) is 4.21. The van der Waals surface area contributed by atoms with Crippen LogP contribution in [0.4, 0.5) is 0 Å². The molecule has 0 amide bonds. The van der Waals surface area contributed by atoms with Crippen LogP contribution < -0.4 is 11.2 Å². The Bertz CT molecular complexity index is 757. The van der Waals surface area contributed by atoms with E-state index >= 15 is 0 Å². The topological polar surface area (TPSA) is 119 Å². The van der Waals surface area contributed by atoms with Gasteiger partial charge in [0.1, 0.15) is 16.6 Å². The van der Waals surface area contributed by atoms with Gasteiger partial charge in [0.2, 0.25) is 0 Å². The van der Waals surface area contributed by atoms with Gasteiger partial charge in [-0.1, -0.05) is 23.2 Å². The predicted octanol–water partition coefficient (Wildman–Crippen LogP) is 2.68. The first-order valence-corrected chi connectivity index (χ1v) is 6.54. The van der Waals surface area contributed by atoms with Crippen LogP contribution in [0.15, 0.2) is 45.0 Å². The van der Waals surface area contributed by atoms with Crippen molar-refractivity contribution in [1.29, 1.82) is 0 Å². The Balaban J connectivity index is 2.10. The molecule has 0 radical (unpaired) electrons. The molecule has 0 saturated carbocycles. The van der Waals surface area contributed by atoms with Gasteiger partial charge in [-0.05, 0) is 30.3 Å². The number of furan rings is 1. The lowest BCUT2D eigenvalue weighted by molar-refractivity contribution is -0.485. The monoisotopic (exact) mass is 341 g/mol. The van der Waals surface area contributed by atoms with Gasteiger partial charge in [0, 0.05) is 10.6 Å². The number of nitrogens with two attached hydrogens (primary N) is 1. The van der Waals surface area contributed by atoms with Gasteiger partial charge < -0.3 is 10.2 Å². The fraction of sp³-hybridized carbons (Fsp3) is 0. The lowest BCUT2D eigenvalue weighted by Gasteiger charge is -2.00. The Labute approximate surface area is 134 Å². The number of halogens is 2. The van der Waals surface area contributed by atoms with Crippen molar-refractivity contribution in [2.24, 2.45) is 15.9 Å². The summed E-state index contributed by atoms with van der Waals surface area (Å²) in [5.41, 5.74) is 8.05. The smallest absolute Gasteiger partial charge is 0.286 e. The Kier molecular flexibility index (Phi) is 4.97. The number of hydrazone groups is 2. The molecule has 22 heavy (non-hydrogen) atoms. The molecule has 1 aromatic carbocycles. The standard InChI is InChI=1S/C12H9Cl2N5O3/c13-7-1-3-9(10(14)5-7)11-4-2-8(22-11)6-16-17-12(15)18-19(20)21/h1-6H,(H3,15,17,18)/b16-6-. The molecule has 0 saturated heterocycles. The van der Waals surface area contributed by atoms with E-state index in [1.165, 1.54) is 6.21 Å². The highest BCUT2D eigenvalue weighted by atomic mass is 35.5. The minimum Gasteiger partial charge on any atom is -0.455 e. The maximum absolute atomic E-state index is 10.1. The quantitative estimate of drug-likeness (QED) is 0.383. The largest absolute Gasteiger partial charge is 0.455 e. The first-order chi connectivity index (χ1) is 10.5. The first-order valence-electron chi connectivity index (χ1n) is 5.78. The van der Waals surface area contributed by atoms with Crippen molar-refractivity contribution in [3.8, 4) is 11.3 Å². The number of hydrogen-bond donors (Lipinski definition) is 2. The average molecular weight is 342 g/mol. The summed E-state index contributed by atoms with van der Waals surface area (Å²) in [4.78, 5) is 10.1. The van der Waals surface area contributed by atoms with Gasteiger partial charge in [0.25, 0.3) is 5.96 Å². The van der Waals surface area contributed by atoms with E-state index in [4.69, 9.17) is 33.4 Å². The molecule has 10 heteroatoms. The molecule has 0 bridgehead atoms. The van der Waals surface area contributed by atoms with Crippen molar-refractivity contribution in [3.63, 3.8) is 0 Å². The molecule has 8 nitrogen and oxygen atoms in total. The SMILES string of the molecule is N/C(=N\[N+](=O)[O-])N/N=C\c1ccc(-c2ccc(Cl)cc2Cl)o1. The molecule has 3 N–H and O–H groups in total. The summed E-state index contributed by atoms with van der Waals surface area (Å²) in [6.07, 6.45) is 1.29. The third-order valence-corrected chi connectivity index (χ3v) is 2.93. The Morgan fingerprint density at radius 2 is 2.14 bits per heavy atom. The van der Waals surface area contributed by atoms with E-state index < -0.39 is 11.0 Å². The maximum Gasteiger partial charge on any atom is 0.286 e.